The Kier molecular flexibility index (Phi) is 4.01. The molecule has 0 radical (unpaired) electrons. The van der Waals surface area contributed by atoms with Crippen LogP contribution >= 0.6 is 0 Å². The number of fused-ring (bicyclic) bond motifs is 2. The molecule has 126 valence electrons. The second-order valence-electron chi connectivity index (χ2n) is 6.98. The number of benzene rings is 1. The van der Waals surface area contributed by atoms with Gasteiger partial charge in [-0.2, -0.15) is 4.31 Å². The van der Waals surface area contributed by atoms with Gasteiger partial charge in [0.05, 0.1) is 10.4 Å². The standard InChI is InChI=1S/C17H24N2O3S/c1-13(2)8-10-19-17(9-11-18(12-17)14(3)20)15-6-4-5-7-16(15)23(19,21)22/h4-7,13H,8-12H2,1-3H3/t17-/m0/s1. The Hall–Kier alpha value is -1.40. The van der Waals surface area contributed by atoms with Gasteiger partial charge in [0.25, 0.3) is 0 Å². The summed E-state index contributed by atoms with van der Waals surface area (Å²) in [4.78, 5) is 14.0. The van der Waals surface area contributed by atoms with Crippen molar-refractivity contribution in [1.29, 1.82) is 0 Å². The van der Waals surface area contributed by atoms with Crippen molar-refractivity contribution < 1.29 is 13.2 Å². The van der Waals surface area contributed by atoms with E-state index in [1.54, 1.807) is 28.3 Å². The van der Waals surface area contributed by atoms with Gasteiger partial charge in [0, 0.05) is 26.6 Å². The Bertz CT molecular complexity index is 729. The number of rotatable bonds is 3. The van der Waals surface area contributed by atoms with Crippen LogP contribution in [0.25, 0.3) is 0 Å². The third-order valence-electron chi connectivity index (χ3n) is 5.04. The average molecular weight is 336 g/mol. The van der Waals surface area contributed by atoms with Crippen LogP contribution in [0.3, 0.4) is 0 Å². The van der Waals surface area contributed by atoms with Gasteiger partial charge in [-0.15, -0.1) is 0 Å². The molecule has 1 spiro atoms. The van der Waals surface area contributed by atoms with Gasteiger partial charge in [0.2, 0.25) is 15.9 Å². The monoisotopic (exact) mass is 336 g/mol. The number of amides is 1. The summed E-state index contributed by atoms with van der Waals surface area (Å²) in [5.74, 6) is 0.434. The molecular formula is C17H24N2O3S. The van der Waals surface area contributed by atoms with Gasteiger partial charge in [-0.05, 0) is 30.4 Å². The molecule has 2 heterocycles. The molecule has 0 aromatic heterocycles. The Labute approximate surface area is 138 Å². The number of carbonyl (C=O) groups excluding carboxylic acids is 1. The summed E-state index contributed by atoms with van der Waals surface area (Å²) >= 11 is 0. The second-order valence-corrected chi connectivity index (χ2v) is 8.81. The Morgan fingerprint density at radius 1 is 1.30 bits per heavy atom. The normalized spacial score (nSPS) is 26.2. The molecule has 1 saturated heterocycles. The summed E-state index contributed by atoms with van der Waals surface area (Å²) < 4.78 is 27.8. The largest absolute Gasteiger partial charge is 0.341 e. The summed E-state index contributed by atoms with van der Waals surface area (Å²) in [5, 5.41) is 0. The van der Waals surface area contributed by atoms with Crippen LogP contribution in [0.2, 0.25) is 0 Å². The molecule has 0 saturated carbocycles. The van der Waals surface area contributed by atoms with E-state index in [4.69, 9.17) is 0 Å². The molecule has 1 aromatic rings. The minimum atomic E-state index is -3.49. The highest BCUT2D eigenvalue weighted by molar-refractivity contribution is 7.89. The first-order valence-corrected chi connectivity index (χ1v) is 9.61. The van der Waals surface area contributed by atoms with Crippen LogP contribution in [0.5, 0.6) is 0 Å². The van der Waals surface area contributed by atoms with Crippen LogP contribution in [-0.2, 0) is 20.4 Å². The zero-order valence-corrected chi connectivity index (χ0v) is 14.8. The number of likely N-dealkylation sites (tertiary alicyclic amines) is 1. The molecule has 6 heteroatoms. The maximum atomic E-state index is 13.1. The maximum Gasteiger partial charge on any atom is 0.244 e. The molecule has 2 aliphatic heterocycles. The predicted octanol–water partition coefficient (Wildman–Crippen LogP) is 2.18. The molecule has 0 bridgehead atoms. The van der Waals surface area contributed by atoms with Crippen molar-refractivity contribution in [2.45, 2.75) is 44.0 Å². The number of nitrogens with zero attached hydrogens (tertiary/aromatic N) is 2. The van der Waals surface area contributed by atoms with Gasteiger partial charge >= 0.3 is 0 Å². The Morgan fingerprint density at radius 2 is 2.00 bits per heavy atom. The van der Waals surface area contributed by atoms with E-state index in [1.165, 1.54) is 0 Å². The minimum Gasteiger partial charge on any atom is -0.341 e. The van der Waals surface area contributed by atoms with E-state index in [9.17, 15) is 13.2 Å². The lowest BCUT2D eigenvalue weighted by Crippen LogP contribution is -2.47. The van der Waals surface area contributed by atoms with Crippen LogP contribution in [0.4, 0.5) is 0 Å². The van der Waals surface area contributed by atoms with Crippen LogP contribution in [0.15, 0.2) is 29.2 Å². The fraction of sp³-hybridized carbons (Fsp3) is 0.588. The first-order valence-electron chi connectivity index (χ1n) is 8.17. The number of hydrogen-bond donors (Lipinski definition) is 0. The predicted molar refractivity (Wildman–Crippen MR) is 88.3 cm³/mol. The van der Waals surface area contributed by atoms with Gasteiger partial charge < -0.3 is 4.90 Å². The number of sulfonamides is 1. The molecular weight excluding hydrogens is 312 g/mol. The van der Waals surface area contributed by atoms with E-state index in [-0.39, 0.29) is 5.91 Å². The Balaban J connectivity index is 2.08. The highest BCUT2D eigenvalue weighted by Crippen LogP contribution is 2.49. The van der Waals surface area contributed by atoms with Crippen LogP contribution < -0.4 is 0 Å². The van der Waals surface area contributed by atoms with E-state index >= 15 is 0 Å². The molecule has 1 atom stereocenters. The van der Waals surface area contributed by atoms with E-state index in [2.05, 4.69) is 13.8 Å². The minimum absolute atomic E-state index is 0.00691. The van der Waals surface area contributed by atoms with Gasteiger partial charge in [0.15, 0.2) is 0 Å². The van der Waals surface area contributed by atoms with Crippen LogP contribution in [-0.4, -0.2) is 43.2 Å². The lowest BCUT2D eigenvalue weighted by Gasteiger charge is -2.34. The molecule has 5 nitrogen and oxygen atoms in total. The summed E-state index contributed by atoms with van der Waals surface area (Å²) in [6, 6.07) is 7.26. The van der Waals surface area contributed by atoms with Crippen molar-refractivity contribution in [1.82, 2.24) is 9.21 Å². The zero-order valence-electron chi connectivity index (χ0n) is 13.9. The third kappa shape index (κ3) is 2.48. The highest BCUT2D eigenvalue weighted by atomic mass is 32.2. The average Bonchev–Trinajstić information content (AvgIpc) is 2.99. The molecule has 3 rings (SSSR count). The Morgan fingerprint density at radius 3 is 2.61 bits per heavy atom. The van der Waals surface area contributed by atoms with Gasteiger partial charge in [-0.25, -0.2) is 8.42 Å². The number of hydrogen-bond acceptors (Lipinski definition) is 3. The first-order chi connectivity index (χ1) is 10.8. The summed E-state index contributed by atoms with van der Waals surface area (Å²) in [7, 11) is -3.49. The molecule has 2 aliphatic rings. The van der Waals surface area contributed by atoms with E-state index in [0.717, 1.165) is 12.0 Å². The molecule has 0 aliphatic carbocycles. The fourth-order valence-electron chi connectivity index (χ4n) is 3.75. The van der Waals surface area contributed by atoms with E-state index in [0.29, 0.717) is 36.9 Å². The van der Waals surface area contributed by atoms with Crippen molar-refractivity contribution in [2.24, 2.45) is 5.92 Å². The summed E-state index contributed by atoms with van der Waals surface area (Å²) in [5.41, 5.74) is 0.267. The quantitative estimate of drug-likeness (QED) is 0.850. The van der Waals surface area contributed by atoms with Crippen molar-refractivity contribution in [3.05, 3.63) is 29.8 Å². The highest BCUT2D eigenvalue weighted by Gasteiger charge is 2.56. The summed E-state index contributed by atoms with van der Waals surface area (Å²) in [6.45, 7) is 7.30. The maximum absolute atomic E-state index is 13.1. The lowest BCUT2D eigenvalue weighted by atomic mass is 9.88. The van der Waals surface area contributed by atoms with Gasteiger partial charge in [-0.1, -0.05) is 32.0 Å². The van der Waals surface area contributed by atoms with Crippen molar-refractivity contribution in [3.8, 4) is 0 Å². The SMILES string of the molecule is CC(=O)N1CC[C@]2(C1)c1ccccc1S(=O)(=O)N2CCC(C)C. The van der Waals surface area contributed by atoms with Crippen LogP contribution in [0.1, 0.15) is 39.2 Å². The molecule has 0 unspecified atom stereocenters. The molecule has 1 aromatic carbocycles. The van der Waals surface area contributed by atoms with E-state index < -0.39 is 15.6 Å². The molecule has 1 amide bonds. The van der Waals surface area contributed by atoms with Gasteiger partial charge in [-0.3, -0.25) is 4.79 Å². The lowest BCUT2D eigenvalue weighted by molar-refractivity contribution is -0.128. The van der Waals surface area contributed by atoms with Crippen molar-refractivity contribution >= 4 is 15.9 Å². The van der Waals surface area contributed by atoms with Crippen molar-refractivity contribution in [2.75, 3.05) is 19.6 Å². The number of carbonyl (C=O) groups is 1. The molecule has 0 N–H and O–H groups in total. The second kappa shape index (κ2) is 5.60. The molecule has 23 heavy (non-hydrogen) atoms. The fourth-order valence-corrected chi connectivity index (χ4v) is 5.83. The van der Waals surface area contributed by atoms with E-state index in [1.807, 2.05) is 12.1 Å². The zero-order chi connectivity index (χ0) is 16.8. The summed E-state index contributed by atoms with van der Waals surface area (Å²) in [6.07, 6.45) is 1.48. The van der Waals surface area contributed by atoms with Crippen LogP contribution in [0, 0.1) is 5.92 Å². The third-order valence-corrected chi connectivity index (χ3v) is 7.06. The van der Waals surface area contributed by atoms with Gasteiger partial charge in [0.1, 0.15) is 0 Å². The first kappa shape index (κ1) is 16.5. The topological polar surface area (TPSA) is 57.7 Å². The van der Waals surface area contributed by atoms with Crippen molar-refractivity contribution in [3.63, 3.8) is 0 Å². The smallest absolute Gasteiger partial charge is 0.244 e. The molecule has 1 fully saturated rings.